The topological polar surface area (TPSA) is 23.9 Å². The van der Waals surface area contributed by atoms with Crippen molar-refractivity contribution in [2.45, 2.75) is 32.6 Å². The van der Waals surface area contributed by atoms with Gasteiger partial charge in [0.25, 0.3) is 0 Å². The van der Waals surface area contributed by atoms with E-state index in [1.54, 1.807) is 0 Å². The van der Waals surface area contributed by atoms with Gasteiger partial charge in [0.15, 0.2) is 0 Å². The van der Waals surface area contributed by atoms with Gasteiger partial charge >= 0.3 is 0 Å². The monoisotopic (exact) mass is 123 g/mol. The fourth-order valence-corrected chi connectivity index (χ4v) is 1.27. The van der Waals surface area contributed by atoms with Gasteiger partial charge in [0.05, 0.1) is 0 Å². The lowest BCUT2D eigenvalue weighted by Crippen LogP contribution is -1.97. The first-order chi connectivity index (χ1) is 4.34. The lowest BCUT2D eigenvalue weighted by atomic mass is 9.94. The SMILES string of the molecule is CC1=C(C=N)CCCC1. The van der Waals surface area contributed by atoms with Gasteiger partial charge in [-0.15, -0.1) is 0 Å². The van der Waals surface area contributed by atoms with Crippen LogP contribution in [0.5, 0.6) is 0 Å². The van der Waals surface area contributed by atoms with E-state index in [9.17, 15) is 0 Å². The summed E-state index contributed by atoms with van der Waals surface area (Å²) in [4.78, 5) is 0. The maximum atomic E-state index is 7.04. The highest BCUT2D eigenvalue weighted by molar-refractivity contribution is 5.76. The number of rotatable bonds is 1. The van der Waals surface area contributed by atoms with Crippen molar-refractivity contribution < 1.29 is 0 Å². The molecule has 0 radical (unpaired) electrons. The van der Waals surface area contributed by atoms with Crippen LogP contribution >= 0.6 is 0 Å². The Morgan fingerprint density at radius 1 is 1.33 bits per heavy atom. The summed E-state index contributed by atoms with van der Waals surface area (Å²) in [6.45, 7) is 2.14. The first-order valence-corrected chi connectivity index (χ1v) is 3.53. The maximum Gasteiger partial charge on any atom is 0.0209 e. The largest absolute Gasteiger partial charge is 0.308 e. The Labute approximate surface area is 56.3 Å². The molecule has 0 aliphatic heterocycles. The van der Waals surface area contributed by atoms with Gasteiger partial charge in [-0.05, 0) is 38.2 Å². The summed E-state index contributed by atoms with van der Waals surface area (Å²) >= 11 is 0. The molecule has 0 bridgehead atoms. The summed E-state index contributed by atoms with van der Waals surface area (Å²) in [6.07, 6.45) is 6.46. The maximum absolute atomic E-state index is 7.04. The molecule has 1 heteroatoms. The van der Waals surface area contributed by atoms with Gasteiger partial charge in [-0.25, -0.2) is 0 Å². The molecular weight excluding hydrogens is 110 g/mol. The second kappa shape index (κ2) is 2.81. The number of nitrogens with one attached hydrogen (secondary N) is 1. The van der Waals surface area contributed by atoms with Gasteiger partial charge in [-0.2, -0.15) is 0 Å². The fraction of sp³-hybridized carbons (Fsp3) is 0.625. The molecule has 0 aromatic carbocycles. The van der Waals surface area contributed by atoms with E-state index in [1.165, 1.54) is 36.6 Å². The zero-order valence-electron chi connectivity index (χ0n) is 5.91. The molecule has 0 saturated carbocycles. The van der Waals surface area contributed by atoms with E-state index in [0.717, 1.165) is 6.42 Å². The minimum atomic E-state index is 1.13. The number of allylic oxidation sites excluding steroid dienone is 2. The Hall–Kier alpha value is -0.590. The molecule has 9 heavy (non-hydrogen) atoms. The highest BCUT2D eigenvalue weighted by Crippen LogP contribution is 2.22. The quantitative estimate of drug-likeness (QED) is 0.518. The molecular formula is C8H13N. The molecule has 0 saturated heterocycles. The van der Waals surface area contributed by atoms with Crippen LogP contribution in [0.25, 0.3) is 0 Å². The fourth-order valence-electron chi connectivity index (χ4n) is 1.27. The van der Waals surface area contributed by atoms with Crippen molar-refractivity contribution in [3.05, 3.63) is 11.1 Å². The summed E-state index contributed by atoms with van der Waals surface area (Å²) < 4.78 is 0. The molecule has 0 heterocycles. The van der Waals surface area contributed by atoms with Crippen LogP contribution in [-0.2, 0) is 0 Å². The molecule has 1 aliphatic rings. The zero-order chi connectivity index (χ0) is 6.69. The van der Waals surface area contributed by atoms with Crippen LogP contribution in [0.1, 0.15) is 32.6 Å². The van der Waals surface area contributed by atoms with Crippen molar-refractivity contribution in [1.82, 2.24) is 0 Å². The van der Waals surface area contributed by atoms with Crippen molar-refractivity contribution in [3.63, 3.8) is 0 Å². The van der Waals surface area contributed by atoms with E-state index in [2.05, 4.69) is 6.92 Å². The summed E-state index contributed by atoms with van der Waals surface area (Å²) in [7, 11) is 0. The van der Waals surface area contributed by atoms with Gasteiger partial charge in [0, 0.05) is 6.21 Å². The molecule has 1 nitrogen and oxygen atoms in total. The summed E-state index contributed by atoms with van der Waals surface area (Å²) in [5.74, 6) is 0. The Morgan fingerprint density at radius 2 is 2.00 bits per heavy atom. The molecule has 1 N–H and O–H groups in total. The lowest BCUT2D eigenvalue weighted by Gasteiger charge is -2.12. The van der Waals surface area contributed by atoms with E-state index >= 15 is 0 Å². The van der Waals surface area contributed by atoms with Crippen LogP contribution in [0.15, 0.2) is 11.1 Å². The van der Waals surface area contributed by atoms with Crippen molar-refractivity contribution >= 4 is 6.21 Å². The zero-order valence-corrected chi connectivity index (χ0v) is 5.91. The predicted octanol–water partition coefficient (Wildman–Crippen LogP) is 2.53. The second-order valence-electron chi connectivity index (χ2n) is 2.66. The standard InChI is InChI=1S/C8H13N/c1-7-4-2-3-5-8(7)6-9/h6,9H,2-5H2,1H3. The smallest absolute Gasteiger partial charge is 0.0209 e. The molecule has 50 valence electrons. The molecule has 1 rings (SSSR count). The van der Waals surface area contributed by atoms with E-state index in [-0.39, 0.29) is 0 Å². The van der Waals surface area contributed by atoms with Gasteiger partial charge in [0.1, 0.15) is 0 Å². The summed E-state index contributed by atoms with van der Waals surface area (Å²) in [5.41, 5.74) is 2.69. The summed E-state index contributed by atoms with van der Waals surface area (Å²) in [5, 5.41) is 7.04. The Morgan fingerprint density at radius 3 is 2.44 bits per heavy atom. The molecule has 0 atom stereocenters. The van der Waals surface area contributed by atoms with Crippen molar-refractivity contribution in [1.29, 1.82) is 5.41 Å². The Kier molecular flexibility index (Phi) is 2.04. The van der Waals surface area contributed by atoms with Gasteiger partial charge in [-0.3, -0.25) is 0 Å². The van der Waals surface area contributed by atoms with Crippen molar-refractivity contribution in [3.8, 4) is 0 Å². The second-order valence-corrected chi connectivity index (χ2v) is 2.66. The molecule has 0 fully saturated rings. The number of hydrogen-bond donors (Lipinski definition) is 1. The van der Waals surface area contributed by atoms with Crippen molar-refractivity contribution in [2.24, 2.45) is 0 Å². The van der Waals surface area contributed by atoms with Gasteiger partial charge < -0.3 is 5.41 Å². The van der Waals surface area contributed by atoms with Gasteiger partial charge in [0.2, 0.25) is 0 Å². The average molecular weight is 123 g/mol. The molecule has 0 spiro atoms. The molecule has 0 aromatic heterocycles. The third-order valence-electron chi connectivity index (χ3n) is 1.97. The van der Waals surface area contributed by atoms with Crippen LogP contribution in [0, 0.1) is 5.41 Å². The molecule has 0 unspecified atom stereocenters. The predicted molar refractivity (Wildman–Crippen MR) is 40.0 cm³/mol. The normalized spacial score (nSPS) is 20.1. The molecule has 0 amide bonds. The van der Waals surface area contributed by atoms with E-state index in [0.29, 0.717) is 0 Å². The third kappa shape index (κ3) is 1.41. The lowest BCUT2D eigenvalue weighted by molar-refractivity contribution is 0.689. The first-order valence-electron chi connectivity index (χ1n) is 3.53. The van der Waals surface area contributed by atoms with Gasteiger partial charge in [-0.1, -0.05) is 5.57 Å². The molecule has 1 aliphatic carbocycles. The number of hydrogen-bond acceptors (Lipinski definition) is 1. The first kappa shape index (κ1) is 6.53. The highest BCUT2D eigenvalue weighted by atomic mass is 14.3. The van der Waals surface area contributed by atoms with Crippen LogP contribution in [0.3, 0.4) is 0 Å². The summed E-state index contributed by atoms with van der Waals surface area (Å²) in [6, 6.07) is 0. The minimum Gasteiger partial charge on any atom is -0.308 e. The van der Waals surface area contributed by atoms with Crippen LogP contribution in [-0.4, -0.2) is 6.21 Å². The van der Waals surface area contributed by atoms with E-state index < -0.39 is 0 Å². The average Bonchev–Trinajstić information content (AvgIpc) is 1.89. The highest BCUT2D eigenvalue weighted by Gasteiger charge is 2.05. The Bertz CT molecular complexity index is 145. The molecule has 0 aromatic rings. The van der Waals surface area contributed by atoms with E-state index in [4.69, 9.17) is 5.41 Å². The Balaban J connectivity index is 2.70. The van der Waals surface area contributed by atoms with E-state index in [1.807, 2.05) is 0 Å². The van der Waals surface area contributed by atoms with Crippen LogP contribution in [0.2, 0.25) is 0 Å². The third-order valence-corrected chi connectivity index (χ3v) is 1.97. The minimum absolute atomic E-state index is 1.13. The van der Waals surface area contributed by atoms with Crippen LogP contribution < -0.4 is 0 Å². The van der Waals surface area contributed by atoms with Crippen molar-refractivity contribution in [2.75, 3.05) is 0 Å². The van der Waals surface area contributed by atoms with Crippen LogP contribution in [0.4, 0.5) is 0 Å².